The Hall–Kier alpha value is -2.66. The average molecular weight is 356 g/mol. The third kappa shape index (κ3) is 4.92. The molecule has 1 saturated heterocycles. The number of carbonyl (C=O) groups excluding carboxylic acids is 2. The topological polar surface area (TPSA) is 72.6 Å². The molecule has 0 aromatic heterocycles. The second kappa shape index (κ2) is 9.73. The van der Waals surface area contributed by atoms with Crippen LogP contribution in [-0.2, 0) is 9.53 Å². The van der Waals surface area contributed by atoms with Gasteiger partial charge in [-0.25, -0.2) is 0 Å². The van der Waals surface area contributed by atoms with E-state index in [1.54, 1.807) is 18.2 Å². The Balaban J connectivity index is 0.00000118. The molecular formula is C21H28N2O3. The van der Waals surface area contributed by atoms with E-state index in [1.165, 1.54) is 0 Å². The number of morpholine rings is 1. The highest BCUT2D eigenvalue weighted by atomic mass is 16.5. The van der Waals surface area contributed by atoms with Crippen LogP contribution >= 0.6 is 0 Å². The number of amides is 2. The molecule has 3 rings (SSSR count). The molecule has 1 aliphatic carbocycles. The zero-order valence-corrected chi connectivity index (χ0v) is 15.4. The zero-order valence-electron chi connectivity index (χ0n) is 15.4. The maximum Gasteiger partial charge on any atom is 0.250 e. The molecule has 0 spiro atoms. The normalized spacial score (nSPS) is 16.6. The van der Waals surface area contributed by atoms with E-state index < -0.39 is 5.91 Å². The number of nitrogens with two attached hydrogens (primary N) is 1. The van der Waals surface area contributed by atoms with Crippen LogP contribution in [0.2, 0.25) is 0 Å². The molecule has 1 fully saturated rings. The molecule has 26 heavy (non-hydrogen) atoms. The summed E-state index contributed by atoms with van der Waals surface area (Å²) in [6, 6.07) is 7.13. The molecule has 1 heterocycles. The third-order valence-electron chi connectivity index (χ3n) is 4.13. The molecule has 2 N–H and O–H groups in total. The van der Waals surface area contributed by atoms with E-state index in [-0.39, 0.29) is 7.33 Å². The van der Waals surface area contributed by atoms with Gasteiger partial charge in [0, 0.05) is 25.7 Å². The van der Waals surface area contributed by atoms with Crippen LogP contribution in [0.3, 0.4) is 0 Å². The first-order valence-corrected chi connectivity index (χ1v) is 9.00. The Kier molecular flexibility index (Phi) is 7.36. The molecule has 1 aromatic rings. The van der Waals surface area contributed by atoms with Gasteiger partial charge in [-0.1, -0.05) is 44.2 Å². The quantitative estimate of drug-likeness (QED) is 0.904. The van der Waals surface area contributed by atoms with E-state index in [4.69, 9.17) is 10.5 Å². The minimum atomic E-state index is -0.463. The highest BCUT2D eigenvalue weighted by Crippen LogP contribution is 2.24. The molecule has 0 atom stereocenters. The molecule has 0 saturated carbocycles. The lowest BCUT2D eigenvalue weighted by atomic mass is 10.00. The molecule has 1 aromatic carbocycles. The third-order valence-corrected chi connectivity index (χ3v) is 4.13. The molecule has 2 aliphatic rings. The summed E-state index contributed by atoms with van der Waals surface area (Å²) in [7, 11) is 0. The molecule has 0 radical (unpaired) electrons. The minimum absolute atomic E-state index is 0. The molecule has 5 nitrogen and oxygen atoms in total. The molecule has 2 amide bonds. The first-order valence-electron chi connectivity index (χ1n) is 9.00. The fraction of sp³-hybridized carbons (Fsp3) is 0.333. The van der Waals surface area contributed by atoms with Crippen molar-refractivity contribution >= 4 is 17.4 Å². The number of allylic oxidation sites excluding steroid dienone is 5. The van der Waals surface area contributed by atoms with E-state index in [1.807, 2.05) is 49.1 Å². The van der Waals surface area contributed by atoms with Gasteiger partial charge in [-0.2, -0.15) is 0 Å². The fourth-order valence-corrected chi connectivity index (χ4v) is 2.81. The van der Waals surface area contributed by atoms with E-state index in [0.29, 0.717) is 38.3 Å². The monoisotopic (exact) mass is 356 g/mol. The lowest BCUT2D eigenvalue weighted by molar-refractivity contribution is -0.131. The molecule has 0 unspecified atom stereocenters. The van der Waals surface area contributed by atoms with Crippen LogP contribution in [0.5, 0.6) is 0 Å². The summed E-state index contributed by atoms with van der Waals surface area (Å²) < 4.78 is 5.31. The summed E-state index contributed by atoms with van der Waals surface area (Å²) in [6.45, 7) is 6.41. The number of ether oxygens (including phenoxy) is 1. The van der Waals surface area contributed by atoms with E-state index >= 15 is 0 Å². The van der Waals surface area contributed by atoms with E-state index in [9.17, 15) is 9.59 Å². The number of benzene rings is 1. The summed E-state index contributed by atoms with van der Waals surface area (Å²) in [6.07, 6.45) is 8.33. The maximum absolute atomic E-state index is 12.7. The van der Waals surface area contributed by atoms with Crippen molar-refractivity contribution in [1.82, 2.24) is 4.90 Å². The lowest BCUT2D eigenvalue weighted by Gasteiger charge is -2.27. The van der Waals surface area contributed by atoms with Gasteiger partial charge in [-0.05, 0) is 35.8 Å². The first-order chi connectivity index (χ1) is 12.6. The fourth-order valence-electron chi connectivity index (χ4n) is 2.81. The predicted molar refractivity (Wildman–Crippen MR) is 106 cm³/mol. The highest BCUT2D eigenvalue weighted by Gasteiger charge is 2.21. The lowest BCUT2D eigenvalue weighted by Crippen LogP contribution is -2.41. The molecule has 5 heteroatoms. The number of rotatable bonds is 3. The standard InChI is InChI=1S/C19H20N2O3.C2H6.H2/c20-18(22)16-7-3-6-15(12-16)14-4-1-2-5-17(13-14)19(23)21-8-10-24-11-9-21;1-2;/h1-4,6-7,12-13H,5,8-11H2,(H2,20,22);1-2H3;1H. The van der Waals surface area contributed by atoms with Crippen molar-refractivity contribution in [3.63, 3.8) is 0 Å². The average Bonchev–Trinajstić information content (AvgIpc) is 2.96. The van der Waals surface area contributed by atoms with Gasteiger partial charge < -0.3 is 15.4 Å². The van der Waals surface area contributed by atoms with Crippen molar-refractivity contribution in [2.24, 2.45) is 5.73 Å². The van der Waals surface area contributed by atoms with Crippen molar-refractivity contribution < 1.29 is 15.8 Å². The summed E-state index contributed by atoms with van der Waals surface area (Å²) in [5, 5.41) is 0. The SMILES string of the molecule is CC.NC(=O)c1cccc(C2=CC=CCC(C(=O)N3CCOCC3)=C2)c1.[HH]. The second-order valence-corrected chi connectivity index (χ2v) is 5.77. The number of carbonyl (C=O) groups is 2. The summed E-state index contributed by atoms with van der Waals surface area (Å²) >= 11 is 0. The van der Waals surface area contributed by atoms with Crippen molar-refractivity contribution in [3.8, 4) is 0 Å². The van der Waals surface area contributed by atoms with Crippen LogP contribution < -0.4 is 5.73 Å². The molecule has 0 bridgehead atoms. The molecule has 1 aliphatic heterocycles. The Morgan fingerprint density at radius 3 is 2.62 bits per heavy atom. The van der Waals surface area contributed by atoms with Gasteiger partial charge in [-0.3, -0.25) is 9.59 Å². The summed E-state index contributed by atoms with van der Waals surface area (Å²) in [5.41, 5.74) is 8.31. The summed E-state index contributed by atoms with van der Waals surface area (Å²) in [5.74, 6) is -0.419. The van der Waals surface area contributed by atoms with Crippen LogP contribution in [0.4, 0.5) is 0 Å². The number of primary amides is 1. The summed E-state index contributed by atoms with van der Waals surface area (Å²) in [4.78, 5) is 25.9. The van der Waals surface area contributed by atoms with Crippen LogP contribution in [0.25, 0.3) is 5.57 Å². The molecule has 140 valence electrons. The number of hydrogen-bond donors (Lipinski definition) is 1. The second-order valence-electron chi connectivity index (χ2n) is 5.77. The van der Waals surface area contributed by atoms with Gasteiger partial charge in [0.2, 0.25) is 11.8 Å². The van der Waals surface area contributed by atoms with Crippen LogP contribution in [-0.4, -0.2) is 43.0 Å². The Labute approximate surface area is 156 Å². The number of hydrogen-bond acceptors (Lipinski definition) is 3. The maximum atomic E-state index is 12.7. The Morgan fingerprint density at radius 2 is 1.92 bits per heavy atom. The van der Waals surface area contributed by atoms with Crippen LogP contribution in [0.1, 0.15) is 37.6 Å². The van der Waals surface area contributed by atoms with E-state index in [0.717, 1.165) is 16.7 Å². The van der Waals surface area contributed by atoms with Crippen molar-refractivity contribution in [1.29, 1.82) is 0 Å². The van der Waals surface area contributed by atoms with Gasteiger partial charge in [0.05, 0.1) is 13.2 Å². The van der Waals surface area contributed by atoms with Crippen molar-refractivity contribution in [3.05, 3.63) is 65.3 Å². The van der Waals surface area contributed by atoms with E-state index in [2.05, 4.69) is 0 Å². The largest absolute Gasteiger partial charge is 0.378 e. The van der Waals surface area contributed by atoms with Gasteiger partial charge in [0.1, 0.15) is 0 Å². The van der Waals surface area contributed by atoms with Gasteiger partial charge in [-0.15, -0.1) is 0 Å². The van der Waals surface area contributed by atoms with Crippen LogP contribution in [0, 0.1) is 0 Å². The smallest absolute Gasteiger partial charge is 0.250 e. The zero-order chi connectivity index (χ0) is 18.9. The van der Waals surface area contributed by atoms with Crippen LogP contribution in [0.15, 0.2) is 54.1 Å². The highest BCUT2D eigenvalue weighted by molar-refractivity contribution is 5.98. The van der Waals surface area contributed by atoms with Gasteiger partial charge in [0.15, 0.2) is 0 Å². The minimum Gasteiger partial charge on any atom is -0.378 e. The first kappa shape index (κ1) is 19.7. The van der Waals surface area contributed by atoms with Gasteiger partial charge in [0.25, 0.3) is 0 Å². The van der Waals surface area contributed by atoms with Gasteiger partial charge >= 0.3 is 0 Å². The number of nitrogens with zero attached hydrogens (tertiary/aromatic N) is 1. The van der Waals surface area contributed by atoms with Crippen molar-refractivity contribution in [2.45, 2.75) is 20.3 Å². The Morgan fingerprint density at radius 1 is 1.19 bits per heavy atom. The van der Waals surface area contributed by atoms with Crippen molar-refractivity contribution in [2.75, 3.05) is 26.3 Å². The predicted octanol–water partition coefficient (Wildman–Crippen LogP) is 3.19. The Bertz CT molecular complexity index is 748. The molecular weight excluding hydrogens is 328 g/mol.